The fourth-order valence-corrected chi connectivity index (χ4v) is 4.71. The van der Waals surface area contributed by atoms with Gasteiger partial charge in [-0.2, -0.15) is 35.1 Å². The summed E-state index contributed by atoms with van der Waals surface area (Å²) in [6, 6.07) is 10.4. The van der Waals surface area contributed by atoms with Crippen molar-refractivity contribution in [1.29, 1.82) is 0 Å². The van der Waals surface area contributed by atoms with Gasteiger partial charge < -0.3 is 19.7 Å². The number of nitrogens with one attached hydrogen (secondary N) is 1. The van der Waals surface area contributed by atoms with Gasteiger partial charge in [-0.1, -0.05) is 23.8 Å². The average molecular weight is 701 g/mol. The number of para-hydroxylation sites is 1. The van der Waals surface area contributed by atoms with Crippen LogP contribution in [0.3, 0.4) is 0 Å². The van der Waals surface area contributed by atoms with Gasteiger partial charge in [0.1, 0.15) is 0 Å². The zero-order valence-electron chi connectivity index (χ0n) is 22.8. The number of ether oxygens (including phenoxy) is 2. The van der Waals surface area contributed by atoms with Crippen LogP contribution in [0.4, 0.5) is 50.9 Å². The van der Waals surface area contributed by atoms with E-state index >= 15 is 0 Å². The molecule has 3 rings (SSSR count). The number of anilines is 2. The number of carbonyl (C=O) groups is 2. The second-order valence-electron chi connectivity index (χ2n) is 9.09. The molecule has 6 nitrogen and oxygen atoms in total. The van der Waals surface area contributed by atoms with Crippen LogP contribution >= 0.6 is 15.9 Å². The second-order valence-corrected chi connectivity index (χ2v) is 9.95. The zero-order valence-corrected chi connectivity index (χ0v) is 24.4. The third-order valence-electron chi connectivity index (χ3n) is 6.28. The van der Waals surface area contributed by atoms with E-state index in [9.17, 15) is 49.1 Å². The van der Waals surface area contributed by atoms with Gasteiger partial charge >= 0.3 is 24.6 Å². The number of hydrogen-bond donors (Lipinski definition) is 1. The Morgan fingerprint density at radius 3 is 2.05 bits per heavy atom. The van der Waals surface area contributed by atoms with Crippen LogP contribution in [-0.4, -0.2) is 44.4 Å². The van der Waals surface area contributed by atoms with E-state index in [-0.39, 0.29) is 35.7 Å². The summed E-state index contributed by atoms with van der Waals surface area (Å²) < 4.78 is 130. The monoisotopic (exact) mass is 700 g/mol. The van der Waals surface area contributed by atoms with E-state index < -0.39 is 57.9 Å². The SMILES string of the molecule is CCN(C(=O)c1ccc(C)cc1)c1cccc(C(=O)Nc2c(Br)cc(C(F)(C(F)(F)F)C(F)(F)F)cc2OC(F)F)c1OC. The molecule has 238 valence electrons. The Bertz CT molecular complexity index is 1510. The lowest BCUT2D eigenvalue weighted by molar-refractivity contribution is -0.348. The molecule has 0 aliphatic rings. The number of benzene rings is 3. The van der Waals surface area contributed by atoms with E-state index in [0.717, 1.165) is 12.7 Å². The van der Waals surface area contributed by atoms with Gasteiger partial charge in [-0.3, -0.25) is 9.59 Å². The van der Waals surface area contributed by atoms with Crippen LogP contribution in [0, 0.1) is 6.92 Å². The standard InChI is InChI=1S/C28H22BrF9N2O4/c1-4-40(24(42)15-10-8-14(2)9-11-15)19-7-5-6-17(22(19)43-3)23(41)39-21-18(29)12-16(13-20(21)44-25(30)31)26(32,27(33,34)35)28(36,37)38/h5-13,25H,4H2,1-3H3,(H,39,41). The fraction of sp³-hybridized carbons (Fsp3) is 0.286. The highest BCUT2D eigenvalue weighted by Gasteiger charge is 2.73. The third-order valence-corrected chi connectivity index (χ3v) is 6.91. The van der Waals surface area contributed by atoms with Crippen molar-refractivity contribution in [1.82, 2.24) is 0 Å². The van der Waals surface area contributed by atoms with Gasteiger partial charge in [0, 0.05) is 22.1 Å². The topological polar surface area (TPSA) is 67.9 Å². The normalized spacial score (nSPS) is 12.2. The average Bonchev–Trinajstić information content (AvgIpc) is 2.93. The van der Waals surface area contributed by atoms with Gasteiger partial charge in [-0.15, -0.1) is 0 Å². The van der Waals surface area contributed by atoms with Gasteiger partial charge in [0.15, 0.2) is 11.5 Å². The van der Waals surface area contributed by atoms with Crippen molar-refractivity contribution >= 4 is 39.1 Å². The first-order chi connectivity index (χ1) is 20.4. The van der Waals surface area contributed by atoms with E-state index in [2.05, 4.69) is 26.0 Å². The number of nitrogens with zero attached hydrogens (tertiary/aromatic N) is 1. The first-order valence-corrected chi connectivity index (χ1v) is 13.1. The van der Waals surface area contributed by atoms with Crippen LogP contribution in [0.25, 0.3) is 0 Å². The predicted octanol–water partition coefficient (Wildman–Crippen LogP) is 8.58. The molecule has 3 aromatic rings. The van der Waals surface area contributed by atoms with E-state index in [1.165, 1.54) is 23.1 Å². The minimum atomic E-state index is -6.55. The van der Waals surface area contributed by atoms with Crippen molar-refractivity contribution in [3.8, 4) is 11.5 Å². The minimum absolute atomic E-state index is 0.0294. The lowest BCUT2D eigenvalue weighted by atomic mass is 9.93. The quantitative estimate of drug-likeness (QED) is 0.227. The maximum atomic E-state index is 14.7. The molecule has 0 aromatic heterocycles. The Labute approximate surface area is 252 Å². The lowest BCUT2D eigenvalue weighted by Gasteiger charge is -2.31. The number of rotatable bonds is 9. The fourth-order valence-electron chi connectivity index (χ4n) is 4.17. The highest BCUT2D eigenvalue weighted by Crippen LogP contribution is 2.55. The van der Waals surface area contributed by atoms with Crippen LogP contribution < -0.4 is 19.7 Å². The van der Waals surface area contributed by atoms with Crippen LogP contribution in [0.2, 0.25) is 0 Å². The summed E-state index contributed by atoms with van der Waals surface area (Å²) in [5, 5.41) is 2.07. The van der Waals surface area contributed by atoms with E-state index in [1.54, 1.807) is 31.2 Å². The lowest BCUT2D eigenvalue weighted by Crippen LogP contribution is -2.50. The molecule has 3 aromatic carbocycles. The molecule has 0 saturated heterocycles. The molecule has 0 atom stereocenters. The Balaban J connectivity index is 2.11. The number of amides is 2. The molecule has 44 heavy (non-hydrogen) atoms. The van der Waals surface area contributed by atoms with Gasteiger partial charge in [0.25, 0.3) is 11.8 Å². The van der Waals surface area contributed by atoms with Crippen LogP contribution in [0.15, 0.2) is 59.1 Å². The summed E-state index contributed by atoms with van der Waals surface area (Å²) in [6.45, 7) is -0.252. The summed E-state index contributed by atoms with van der Waals surface area (Å²) in [6.07, 6.45) is -13.1. The maximum Gasteiger partial charge on any atom is 0.435 e. The van der Waals surface area contributed by atoms with Crippen molar-refractivity contribution < 1.29 is 58.6 Å². The molecule has 0 saturated carbocycles. The van der Waals surface area contributed by atoms with E-state index in [1.807, 2.05) is 6.92 Å². The number of carbonyl (C=O) groups excluding carboxylic acids is 2. The van der Waals surface area contributed by atoms with Gasteiger partial charge in [0.2, 0.25) is 0 Å². The van der Waals surface area contributed by atoms with E-state index in [4.69, 9.17) is 4.74 Å². The number of aryl methyl sites for hydroxylation is 1. The molecule has 0 bridgehead atoms. The highest BCUT2D eigenvalue weighted by molar-refractivity contribution is 9.10. The summed E-state index contributed by atoms with van der Waals surface area (Å²) in [5.41, 5.74) is -7.98. The molecule has 0 spiro atoms. The summed E-state index contributed by atoms with van der Waals surface area (Å²) in [7, 11) is 1.16. The second kappa shape index (κ2) is 13.0. The molecular formula is C28H22BrF9N2O4. The first kappa shape index (κ1) is 34.5. The van der Waals surface area contributed by atoms with Gasteiger partial charge in [-0.25, -0.2) is 4.39 Å². The highest BCUT2D eigenvalue weighted by atomic mass is 79.9. The van der Waals surface area contributed by atoms with Crippen LogP contribution in [0.5, 0.6) is 11.5 Å². The summed E-state index contributed by atoms with van der Waals surface area (Å²) >= 11 is 2.62. The molecule has 0 radical (unpaired) electrons. The molecule has 0 aliphatic carbocycles. The van der Waals surface area contributed by atoms with Crippen LogP contribution in [-0.2, 0) is 5.67 Å². The van der Waals surface area contributed by atoms with Gasteiger partial charge in [-0.05, 0) is 66.2 Å². The molecular weight excluding hydrogens is 679 g/mol. The first-order valence-electron chi connectivity index (χ1n) is 12.3. The smallest absolute Gasteiger partial charge is 0.435 e. The number of alkyl halides is 9. The summed E-state index contributed by atoms with van der Waals surface area (Å²) in [4.78, 5) is 27.9. The molecule has 0 unspecified atom stereocenters. The van der Waals surface area contributed by atoms with E-state index in [0.29, 0.717) is 5.56 Å². The van der Waals surface area contributed by atoms with Gasteiger partial charge in [0.05, 0.1) is 24.0 Å². The molecule has 1 N–H and O–H groups in total. The molecule has 0 fully saturated rings. The zero-order chi connectivity index (χ0) is 33.2. The number of methoxy groups -OCH3 is 1. The Morgan fingerprint density at radius 1 is 0.955 bits per heavy atom. The largest absolute Gasteiger partial charge is 0.494 e. The number of hydrogen-bond acceptors (Lipinski definition) is 4. The van der Waals surface area contributed by atoms with Crippen molar-refractivity contribution in [3.63, 3.8) is 0 Å². The maximum absolute atomic E-state index is 14.7. The minimum Gasteiger partial charge on any atom is -0.494 e. The molecule has 2 amide bonds. The van der Waals surface area contributed by atoms with Crippen molar-refractivity contribution in [3.05, 3.63) is 81.3 Å². The van der Waals surface area contributed by atoms with Crippen LogP contribution in [0.1, 0.15) is 38.8 Å². The Kier molecular flexibility index (Phi) is 10.2. The molecule has 0 heterocycles. The Hall–Kier alpha value is -3.95. The number of halogens is 10. The Morgan fingerprint density at radius 2 is 1.55 bits per heavy atom. The summed E-state index contributed by atoms with van der Waals surface area (Å²) in [5.74, 6) is -3.23. The predicted molar refractivity (Wildman–Crippen MR) is 145 cm³/mol. The third kappa shape index (κ3) is 6.74. The van der Waals surface area contributed by atoms with Crippen molar-refractivity contribution in [2.75, 3.05) is 23.9 Å². The van der Waals surface area contributed by atoms with Crippen molar-refractivity contribution in [2.45, 2.75) is 38.5 Å². The molecule has 16 heteroatoms. The molecule has 0 aliphatic heterocycles. The van der Waals surface area contributed by atoms with Crippen molar-refractivity contribution in [2.24, 2.45) is 0 Å².